The zero-order chi connectivity index (χ0) is 19.7. The molecule has 2 aromatic carbocycles. The summed E-state index contributed by atoms with van der Waals surface area (Å²) >= 11 is 0. The highest BCUT2D eigenvalue weighted by Crippen LogP contribution is 2.28. The zero-order valence-corrected chi connectivity index (χ0v) is 13.4. The lowest BCUT2D eigenvalue weighted by atomic mass is 10.1. The quantitative estimate of drug-likeness (QED) is 0.404. The molecule has 0 radical (unpaired) electrons. The van der Waals surface area contributed by atoms with Crippen molar-refractivity contribution in [1.82, 2.24) is 4.98 Å². The molecular weight excluding hydrogens is 358 g/mol. The molecule has 4 N–H and O–H groups in total. The standard InChI is InChI=1S/C17H11N3O7/c21-14-11-7-10(20(26)27)5-6-12(11)19-16(23)13(14)15(22)18-9-3-1-8(2-4-9)17(24)25/h1-7H,(H,18,22)(H,24,25)(H2,19,21,23). The van der Waals surface area contributed by atoms with Crippen LogP contribution in [0.3, 0.4) is 0 Å². The van der Waals surface area contributed by atoms with Gasteiger partial charge >= 0.3 is 5.97 Å². The molecule has 0 saturated heterocycles. The van der Waals surface area contributed by atoms with E-state index < -0.39 is 33.7 Å². The SMILES string of the molecule is O=C(O)c1ccc(NC(=O)c2c(O)c3cc([N+](=O)[O-])ccc3[nH]c2=O)cc1. The second-order valence-electron chi connectivity index (χ2n) is 5.50. The van der Waals surface area contributed by atoms with E-state index in [1.165, 1.54) is 30.3 Å². The number of carboxylic acid groups (broad SMARTS) is 1. The number of nitro groups is 1. The van der Waals surface area contributed by atoms with E-state index >= 15 is 0 Å². The van der Waals surface area contributed by atoms with Crippen LogP contribution in [0, 0.1) is 10.1 Å². The average molecular weight is 369 g/mol. The fourth-order valence-electron chi connectivity index (χ4n) is 2.48. The summed E-state index contributed by atoms with van der Waals surface area (Å²) in [6.45, 7) is 0. The van der Waals surface area contributed by atoms with Gasteiger partial charge in [-0.05, 0) is 30.3 Å². The number of hydrogen-bond donors (Lipinski definition) is 4. The number of nitrogens with zero attached hydrogens (tertiary/aromatic N) is 1. The summed E-state index contributed by atoms with van der Waals surface area (Å²) in [5.74, 6) is -2.79. The van der Waals surface area contributed by atoms with Crippen molar-refractivity contribution in [3.63, 3.8) is 0 Å². The van der Waals surface area contributed by atoms with E-state index in [2.05, 4.69) is 10.3 Å². The number of rotatable bonds is 4. The molecule has 0 aliphatic rings. The van der Waals surface area contributed by atoms with Gasteiger partial charge in [0.25, 0.3) is 17.2 Å². The Kier molecular flexibility index (Phi) is 4.30. The largest absolute Gasteiger partial charge is 0.506 e. The molecule has 1 amide bonds. The van der Waals surface area contributed by atoms with Gasteiger partial charge in [0.1, 0.15) is 11.3 Å². The number of carbonyl (C=O) groups is 2. The van der Waals surface area contributed by atoms with Gasteiger partial charge in [-0.2, -0.15) is 0 Å². The number of aromatic amines is 1. The lowest BCUT2D eigenvalue weighted by molar-refractivity contribution is -0.384. The Balaban J connectivity index is 2.01. The van der Waals surface area contributed by atoms with Crippen molar-refractivity contribution in [2.75, 3.05) is 5.32 Å². The lowest BCUT2D eigenvalue weighted by Gasteiger charge is -2.09. The van der Waals surface area contributed by atoms with E-state index in [1.54, 1.807) is 0 Å². The second kappa shape index (κ2) is 6.59. The topological polar surface area (TPSA) is 163 Å². The fraction of sp³-hybridized carbons (Fsp3) is 0. The first kappa shape index (κ1) is 17.6. The van der Waals surface area contributed by atoms with Gasteiger partial charge in [0.15, 0.2) is 0 Å². The number of H-pyrrole nitrogens is 1. The molecule has 0 spiro atoms. The molecule has 0 aliphatic carbocycles. The molecule has 0 aliphatic heterocycles. The highest BCUT2D eigenvalue weighted by atomic mass is 16.6. The van der Waals surface area contributed by atoms with Crippen LogP contribution in [0.25, 0.3) is 10.9 Å². The molecule has 0 bridgehead atoms. The minimum Gasteiger partial charge on any atom is -0.506 e. The van der Waals surface area contributed by atoms with Gasteiger partial charge < -0.3 is 20.5 Å². The van der Waals surface area contributed by atoms with Gasteiger partial charge in [-0.15, -0.1) is 0 Å². The molecule has 1 heterocycles. The average Bonchev–Trinajstić information content (AvgIpc) is 2.61. The Morgan fingerprint density at radius 2 is 1.78 bits per heavy atom. The van der Waals surface area contributed by atoms with Crippen LogP contribution in [0.2, 0.25) is 0 Å². The summed E-state index contributed by atoms with van der Waals surface area (Å²) in [4.78, 5) is 48.0. The van der Waals surface area contributed by atoms with Crippen LogP contribution < -0.4 is 10.9 Å². The zero-order valence-electron chi connectivity index (χ0n) is 13.4. The second-order valence-corrected chi connectivity index (χ2v) is 5.50. The summed E-state index contributed by atoms with van der Waals surface area (Å²) in [6.07, 6.45) is 0. The van der Waals surface area contributed by atoms with Crippen LogP contribution in [-0.2, 0) is 0 Å². The van der Waals surface area contributed by atoms with Crippen LogP contribution in [0.15, 0.2) is 47.3 Å². The summed E-state index contributed by atoms with van der Waals surface area (Å²) in [6, 6.07) is 8.59. The number of pyridine rings is 1. The number of non-ortho nitro benzene ring substituents is 1. The van der Waals surface area contributed by atoms with Gasteiger partial charge in [-0.25, -0.2) is 4.79 Å². The van der Waals surface area contributed by atoms with Crippen LogP contribution in [-0.4, -0.2) is 32.0 Å². The van der Waals surface area contributed by atoms with E-state index in [-0.39, 0.29) is 27.8 Å². The van der Waals surface area contributed by atoms with Crippen molar-refractivity contribution in [2.45, 2.75) is 0 Å². The van der Waals surface area contributed by atoms with Crippen molar-refractivity contribution < 1.29 is 24.7 Å². The smallest absolute Gasteiger partial charge is 0.335 e. The number of aromatic carboxylic acids is 1. The Labute approximate surface area is 149 Å². The van der Waals surface area contributed by atoms with Crippen LogP contribution >= 0.6 is 0 Å². The third kappa shape index (κ3) is 3.31. The van der Waals surface area contributed by atoms with E-state index in [4.69, 9.17) is 5.11 Å². The number of benzene rings is 2. The molecule has 0 saturated carbocycles. The lowest BCUT2D eigenvalue weighted by Crippen LogP contribution is -2.23. The highest BCUT2D eigenvalue weighted by Gasteiger charge is 2.21. The maximum absolute atomic E-state index is 12.4. The Hall–Kier alpha value is -4.21. The number of aromatic nitrogens is 1. The molecule has 0 atom stereocenters. The number of carbonyl (C=O) groups excluding carboxylic acids is 1. The number of nitrogens with one attached hydrogen (secondary N) is 2. The molecule has 3 rings (SSSR count). The minimum atomic E-state index is -1.14. The molecular formula is C17H11N3O7. The van der Waals surface area contributed by atoms with E-state index in [1.807, 2.05) is 0 Å². The first-order valence-corrected chi connectivity index (χ1v) is 7.46. The number of anilines is 1. The third-order valence-electron chi connectivity index (χ3n) is 3.80. The predicted molar refractivity (Wildman–Crippen MR) is 94.2 cm³/mol. The van der Waals surface area contributed by atoms with Crippen molar-refractivity contribution in [1.29, 1.82) is 0 Å². The summed E-state index contributed by atoms with van der Waals surface area (Å²) in [5, 5.41) is 32.4. The van der Waals surface area contributed by atoms with E-state index in [0.717, 1.165) is 12.1 Å². The summed E-state index contributed by atoms with van der Waals surface area (Å²) in [5.41, 5.74) is -1.49. The molecule has 3 aromatic rings. The monoisotopic (exact) mass is 369 g/mol. The van der Waals surface area contributed by atoms with E-state index in [0.29, 0.717) is 0 Å². The fourth-order valence-corrected chi connectivity index (χ4v) is 2.48. The molecule has 0 fully saturated rings. The first-order chi connectivity index (χ1) is 12.8. The number of carboxylic acids is 1. The number of hydrogen-bond acceptors (Lipinski definition) is 6. The molecule has 10 nitrogen and oxygen atoms in total. The maximum Gasteiger partial charge on any atom is 0.335 e. The Morgan fingerprint density at radius 3 is 2.37 bits per heavy atom. The van der Waals surface area contributed by atoms with Gasteiger partial charge in [-0.3, -0.25) is 19.7 Å². The number of fused-ring (bicyclic) bond motifs is 1. The van der Waals surface area contributed by atoms with Crippen molar-refractivity contribution in [2.24, 2.45) is 0 Å². The van der Waals surface area contributed by atoms with Gasteiger partial charge in [0, 0.05) is 23.2 Å². The highest BCUT2D eigenvalue weighted by molar-refractivity contribution is 6.09. The number of nitro benzene ring substituents is 1. The first-order valence-electron chi connectivity index (χ1n) is 7.46. The van der Waals surface area contributed by atoms with Crippen LogP contribution in [0.4, 0.5) is 11.4 Å². The van der Waals surface area contributed by atoms with Crippen molar-refractivity contribution in [3.8, 4) is 5.75 Å². The molecule has 27 heavy (non-hydrogen) atoms. The van der Waals surface area contributed by atoms with Crippen molar-refractivity contribution >= 4 is 34.2 Å². The predicted octanol–water partition coefficient (Wildman–Crippen LogP) is 2.09. The molecule has 136 valence electrons. The van der Waals surface area contributed by atoms with Gasteiger partial charge in [-0.1, -0.05) is 0 Å². The maximum atomic E-state index is 12.4. The molecule has 0 unspecified atom stereocenters. The van der Waals surface area contributed by atoms with Crippen LogP contribution in [0.5, 0.6) is 5.75 Å². The van der Waals surface area contributed by atoms with Crippen molar-refractivity contribution in [3.05, 3.63) is 74.1 Å². The van der Waals surface area contributed by atoms with Gasteiger partial charge in [0.05, 0.1) is 16.0 Å². The minimum absolute atomic E-state index is 0.00621. The van der Waals surface area contributed by atoms with E-state index in [9.17, 15) is 29.6 Å². The molecule has 10 heteroatoms. The number of aromatic hydroxyl groups is 1. The summed E-state index contributed by atoms with van der Waals surface area (Å²) in [7, 11) is 0. The third-order valence-corrected chi connectivity index (χ3v) is 3.80. The van der Waals surface area contributed by atoms with Crippen LogP contribution in [0.1, 0.15) is 20.7 Å². The number of amides is 1. The Morgan fingerprint density at radius 1 is 1.11 bits per heavy atom. The normalized spacial score (nSPS) is 10.5. The molecule has 1 aromatic heterocycles. The van der Waals surface area contributed by atoms with Gasteiger partial charge in [0.2, 0.25) is 0 Å². The summed E-state index contributed by atoms with van der Waals surface area (Å²) < 4.78 is 0. The Bertz CT molecular complexity index is 1150.